The fourth-order valence-corrected chi connectivity index (χ4v) is 4.16. The van der Waals surface area contributed by atoms with Gasteiger partial charge < -0.3 is 40.2 Å². The van der Waals surface area contributed by atoms with Gasteiger partial charge in [0.1, 0.15) is 40.5 Å². The average Bonchev–Trinajstić information content (AvgIpc) is 2.79. The molecule has 1 aliphatic heterocycles. The van der Waals surface area contributed by atoms with Crippen LogP contribution in [-0.2, 0) is 4.74 Å². The molecule has 1 fully saturated rings. The predicted octanol–water partition coefficient (Wildman–Crippen LogP) is 1.32. The van der Waals surface area contributed by atoms with E-state index in [0.717, 1.165) is 6.42 Å². The highest BCUT2D eigenvalue weighted by Crippen LogP contribution is 2.33. The summed E-state index contributed by atoms with van der Waals surface area (Å²) >= 11 is 3.30. The number of hydrogen-bond acceptors (Lipinski definition) is 9. The molecule has 0 saturated carbocycles. The molecule has 2 heterocycles. The van der Waals surface area contributed by atoms with Crippen molar-refractivity contribution >= 4 is 21.6 Å². The molecule has 0 bridgehead atoms. The lowest BCUT2D eigenvalue weighted by Crippen LogP contribution is -2.60. The molecule has 0 aliphatic carbocycles. The van der Waals surface area contributed by atoms with Crippen molar-refractivity contribution in [1.29, 1.82) is 0 Å². The summed E-state index contributed by atoms with van der Waals surface area (Å²) < 4.78 is 11.8. The van der Waals surface area contributed by atoms with E-state index in [2.05, 4.69) is 31.2 Å². The van der Waals surface area contributed by atoms with Crippen LogP contribution in [0.5, 0.6) is 5.75 Å². The number of H-pyrrole nitrogens is 1. The van der Waals surface area contributed by atoms with Crippen molar-refractivity contribution in [2.45, 2.75) is 63.8 Å². The lowest BCUT2D eigenvalue weighted by molar-refractivity contribution is -0.221. The van der Waals surface area contributed by atoms with Crippen LogP contribution in [0.15, 0.2) is 27.5 Å². The Morgan fingerprint density at radius 2 is 1.97 bits per heavy atom. The number of aromatic amines is 1. The van der Waals surface area contributed by atoms with Gasteiger partial charge in [-0.25, -0.2) is 4.98 Å². The van der Waals surface area contributed by atoms with Crippen molar-refractivity contribution in [2.75, 3.05) is 18.5 Å². The molecule has 1 aromatic heterocycles. The Hall–Kier alpha value is -2.02. The molecule has 6 N–H and O–H groups in total. The first-order chi connectivity index (χ1) is 15.7. The van der Waals surface area contributed by atoms with E-state index >= 15 is 0 Å². The zero-order valence-electron chi connectivity index (χ0n) is 18.7. The Balaban J connectivity index is 2.00. The second-order valence-corrected chi connectivity index (χ2v) is 9.01. The van der Waals surface area contributed by atoms with E-state index in [9.17, 15) is 25.2 Å². The Kier molecular flexibility index (Phi) is 8.48. The minimum Gasteiger partial charge on any atom is -0.493 e. The van der Waals surface area contributed by atoms with Crippen molar-refractivity contribution < 1.29 is 29.9 Å². The van der Waals surface area contributed by atoms with Gasteiger partial charge in [0.15, 0.2) is 6.23 Å². The number of rotatable bonds is 8. The summed E-state index contributed by atoms with van der Waals surface area (Å²) in [7, 11) is 0. The highest BCUT2D eigenvalue weighted by atomic mass is 79.9. The van der Waals surface area contributed by atoms with Gasteiger partial charge in [-0.3, -0.25) is 4.79 Å². The zero-order chi connectivity index (χ0) is 24.3. The van der Waals surface area contributed by atoms with E-state index in [-0.39, 0.29) is 11.5 Å². The molecule has 1 aromatic carbocycles. The number of ether oxygens (including phenoxy) is 2. The first-order valence-electron chi connectivity index (χ1n) is 10.8. The molecular formula is C22H30BrN3O7. The number of anilines is 1. The molecule has 0 amide bonds. The topological polar surface area (TPSA) is 157 Å². The number of nitrogens with zero attached hydrogens (tertiary/aromatic N) is 1. The monoisotopic (exact) mass is 527 g/mol. The zero-order valence-corrected chi connectivity index (χ0v) is 20.2. The van der Waals surface area contributed by atoms with Crippen LogP contribution in [0.1, 0.15) is 38.8 Å². The number of aliphatic hydroxyl groups is 4. The van der Waals surface area contributed by atoms with Gasteiger partial charge in [0.05, 0.1) is 24.5 Å². The molecule has 11 heteroatoms. The standard InChI is InChI=1S/C22H30BrN3O7/c1-4-7-32-13-6-5-11(24-22-19(30)18(29)17(28)14(9-27)33-22)8-12(13)20-25-16(10(2)3)15(23)21(31)26-20/h5-6,8,10,14,17-19,22,24,27-30H,4,7,9H2,1-3H3,(H,25,26,31)/t14-,17-,18+,19+,22?/m1/s1. The molecule has 1 unspecified atom stereocenters. The van der Waals surface area contributed by atoms with Crippen LogP contribution in [0, 0.1) is 0 Å². The van der Waals surface area contributed by atoms with Crippen LogP contribution in [0.25, 0.3) is 11.4 Å². The Morgan fingerprint density at radius 3 is 2.61 bits per heavy atom. The molecule has 0 spiro atoms. The molecule has 182 valence electrons. The minimum atomic E-state index is -1.50. The van der Waals surface area contributed by atoms with E-state index in [4.69, 9.17) is 9.47 Å². The Labute approximate surface area is 199 Å². The smallest absolute Gasteiger partial charge is 0.265 e. The minimum absolute atomic E-state index is 0.00383. The number of nitrogens with one attached hydrogen (secondary N) is 2. The molecule has 2 aromatic rings. The molecule has 10 nitrogen and oxygen atoms in total. The van der Waals surface area contributed by atoms with E-state index in [1.165, 1.54) is 0 Å². The van der Waals surface area contributed by atoms with Crippen molar-refractivity contribution in [3.05, 3.63) is 38.7 Å². The third kappa shape index (κ3) is 5.56. The largest absolute Gasteiger partial charge is 0.493 e. The summed E-state index contributed by atoms with van der Waals surface area (Å²) in [5, 5.41) is 42.8. The summed E-state index contributed by atoms with van der Waals surface area (Å²) in [4.78, 5) is 19.9. The number of hydrogen-bond donors (Lipinski definition) is 6. The van der Waals surface area contributed by atoms with E-state index in [0.29, 0.717) is 39.6 Å². The highest BCUT2D eigenvalue weighted by Gasteiger charge is 2.43. The van der Waals surface area contributed by atoms with Gasteiger partial charge in [-0.1, -0.05) is 20.8 Å². The highest BCUT2D eigenvalue weighted by molar-refractivity contribution is 9.10. The number of halogens is 1. The molecule has 3 rings (SSSR count). The van der Waals surface area contributed by atoms with Crippen LogP contribution in [0.3, 0.4) is 0 Å². The van der Waals surface area contributed by atoms with Crippen LogP contribution in [0.4, 0.5) is 5.69 Å². The molecule has 33 heavy (non-hydrogen) atoms. The molecular weight excluding hydrogens is 498 g/mol. The van der Waals surface area contributed by atoms with Crippen LogP contribution < -0.4 is 15.6 Å². The average molecular weight is 528 g/mol. The van der Waals surface area contributed by atoms with Gasteiger partial charge in [0.25, 0.3) is 5.56 Å². The van der Waals surface area contributed by atoms with Gasteiger partial charge in [-0.05, 0) is 46.5 Å². The maximum atomic E-state index is 12.5. The van der Waals surface area contributed by atoms with Gasteiger partial charge in [0, 0.05) is 5.69 Å². The third-order valence-electron chi connectivity index (χ3n) is 5.33. The number of aliphatic hydroxyl groups excluding tert-OH is 4. The number of benzene rings is 1. The summed E-state index contributed by atoms with van der Waals surface area (Å²) in [6.07, 6.45) is -5.75. The van der Waals surface area contributed by atoms with Crippen LogP contribution in [0.2, 0.25) is 0 Å². The van der Waals surface area contributed by atoms with Gasteiger partial charge in [-0.15, -0.1) is 0 Å². The summed E-state index contributed by atoms with van der Waals surface area (Å²) in [5.41, 5.74) is 1.28. The van der Waals surface area contributed by atoms with E-state index in [1.54, 1.807) is 18.2 Å². The lowest BCUT2D eigenvalue weighted by atomic mass is 9.98. The first-order valence-corrected chi connectivity index (χ1v) is 11.6. The van der Waals surface area contributed by atoms with Crippen LogP contribution in [-0.4, -0.2) is 74.3 Å². The van der Waals surface area contributed by atoms with Crippen molar-refractivity contribution in [3.63, 3.8) is 0 Å². The second-order valence-electron chi connectivity index (χ2n) is 8.22. The fourth-order valence-electron chi connectivity index (χ4n) is 3.51. The molecule has 0 radical (unpaired) electrons. The molecule has 1 saturated heterocycles. The molecule has 5 atom stereocenters. The fraction of sp³-hybridized carbons (Fsp3) is 0.545. The quantitative estimate of drug-likeness (QED) is 0.297. The van der Waals surface area contributed by atoms with Gasteiger partial charge >= 0.3 is 0 Å². The summed E-state index contributed by atoms with van der Waals surface area (Å²) in [6, 6.07) is 5.08. The van der Waals surface area contributed by atoms with E-state index in [1.807, 2.05) is 20.8 Å². The van der Waals surface area contributed by atoms with Crippen LogP contribution >= 0.6 is 15.9 Å². The normalized spacial score (nSPS) is 25.3. The second kappa shape index (κ2) is 10.9. The SMILES string of the molecule is CCCOc1ccc(NC2O[C@H](CO)[C@@H](O)[C@H](O)[C@@H]2O)cc1-c1nc(C(C)C)c(Br)c(=O)[nH]1. The van der Waals surface area contributed by atoms with Crippen molar-refractivity contribution in [1.82, 2.24) is 9.97 Å². The maximum absolute atomic E-state index is 12.5. The maximum Gasteiger partial charge on any atom is 0.265 e. The Bertz CT molecular complexity index is 1010. The lowest BCUT2D eigenvalue weighted by Gasteiger charge is -2.40. The van der Waals surface area contributed by atoms with Gasteiger partial charge in [0.2, 0.25) is 0 Å². The van der Waals surface area contributed by atoms with Crippen molar-refractivity contribution in [3.8, 4) is 17.1 Å². The van der Waals surface area contributed by atoms with E-state index < -0.39 is 37.3 Å². The summed E-state index contributed by atoms with van der Waals surface area (Å²) in [6.45, 7) is 5.78. The number of aromatic nitrogens is 2. The first kappa shape index (κ1) is 25.6. The molecule has 1 aliphatic rings. The third-order valence-corrected chi connectivity index (χ3v) is 6.10. The predicted molar refractivity (Wildman–Crippen MR) is 125 cm³/mol. The van der Waals surface area contributed by atoms with Crippen molar-refractivity contribution in [2.24, 2.45) is 0 Å². The van der Waals surface area contributed by atoms with Gasteiger partial charge in [-0.2, -0.15) is 0 Å². The summed E-state index contributed by atoms with van der Waals surface area (Å²) in [5.74, 6) is 0.822. The Morgan fingerprint density at radius 1 is 1.24 bits per heavy atom.